The number of hydrogen-bond acceptors (Lipinski definition) is 4. The number of ether oxygens (including phenoxy) is 1. The van der Waals surface area contributed by atoms with Gasteiger partial charge in [0.25, 0.3) is 0 Å². The maximum absolute atomic E-state index is 11.6. The molecular formula is C15H24N2O2S. The molecule has 112 valence electrons. The van der Waals surface area contributed by atoms with E-state index < -0.39 is 0 Å². The zero-order chi connectivity index (χ0) is 14.4. The first-order valence-electron chi connectivity index (χ1n) is 7.38. The van der Waals surface area contributed by atoms with Crippen molar-refractivity contribution in [2.24, 2.45) is 0 Å². The molecule has 1 N–H and O–H groups in total. The van der Waals surface area contributed by atoms with Gasteiger partial charge in [0.05, 0.1) is 6.61 Å². The fraction of sp³-hybridized carbons (Fsp3) is 0.667. The summed E-state index contributed by atoms with van der Waals surface area (Å²) >= 11 is 1.75. The Kier molecular flexibility index (Phi) is 5.86. The molecule has 1 fully saturated rings. The summed E-state index contributed by atoms with van der Waals surface area (Å²) in [4.78, 5) is 13.4. The van der Waals surface area contributed by atoms with Crippen LogP contribution in [-0.2, 0) is 11.2 Å². The Morgan fingerprint density at radius 2 is 2.30 bits per heavy atom. The zero-order valence-electron chi connectivity index (χ0n) is 12.3. The van der Waals surface area contributed by atoms with Crippen LogP contribution in [0.4, 0.5) is 4.79 Å². The molecule has 1 atom stereocenters. The molecule has 2 heterocycles. The highest BCUT2D eigenvalue weighted by Gasteiger charge is 2.24. The quantitative estimate of drug-likeness (QED) is 0.908. The minimum atomic E-state index is -0.169. The molecule has 0 radical (unpaired) electrons. The van der Waals surface area contributed by atoms with Crippen molar-refractivity contribution in [2.75, 3.05) is 19.7 Å². The molecule has 20 heavy (non-hydrogen) atoms. The standard InChI is InChI=1S/C15H24N2O2S/c1-3-19-15(18)17-7-4-14(5-8-17)16-12(2)10-13-6-9-20-11-13/h6,9,11-12,14,16H,3-5,7-8,10H2,1-2H3. The van der Waals surface area contributed by atoms with Crippen LogP contribution >= 0.6 is 11.3 Å². The highest BCUT2D eigenvalue weighted by atomic mass is 32.1. The van der Waals surface area contributed by atoms with Gasteiger partial charge in [0.1, 0.15) is 0 Å². The summed E-state index contributed by atoms with van der Waals surface area (Å²) in [5.74, 6) is 0. The number of likely N-dealkylation sites (tertiary alicyclic amines) is 1. The summed E-state index contributed by atoms with van der Waals surface area (Å²) in [7, 11) is 0. The first-order valence-corrected chi connectivity index (χ1v) is 8.32. The van der Waals surface area contributed by atoms with Crippen LogP contribution in [0.1, 0.15) is 32.3 Å². The summed E-state index contributed by atoms with van der Waals surface area (Å²) in [5.41, 5.74) is 1.40. The number of nitrogens with zero attached hydrogens (tertiary/aromatic N) is 1. The van der Waals surface area contributed by atoms with Gasteiger partial charge in [-0.1, -0.05) is 0 Å². The van der Waals surface area contributed by atoms with E-state index in [9.17, 15) is 4.79 Å². The SMILES string of the molecule is CCOC(=O)N1CCC(NC(C)Cc2ccsc2)CC1. The maximum Gasteiger partial charge on any atom is 0.409 e. The van der Waals surface area contributed by atoms with Gasteiger partial charge >= 0.3 is 6.09 Å². The predicted octanol–water partition coefficient (Wildman–Crippen LogP) is 2.89. The summed E-state index contributed by atoms with van der Waals surface area (Å²) < 4.78 is 5.04. The van der Waals surface area contributed by atoms with Gasteiger partial charge in [-0.2, -0.15) is 11.3 Å². The second-order valence-electron chi connectivity index (χ2n) is 5.36. The highest BCUT2D eigenvalue weighted by molar-refractivity contribution is 7.07. The van der Waals surface area contributed by atoms with Gasteiger partial charge in [-0.05, 0) is 55.5 Å². The Balaban J connectivity index is 1.70. The first kappa shape index (κ1) is 15.3. The van der Waals surface area contributed by atoms with Crippen molar-refractivity contribution in [1.82, 2.24) is 10.2 Å². The number of rotatable bonds is 5. The fourth-order valence-electron chi connectivity index (χ4n) is 2.67. The van der Waals surface area contributed by atoms with E-state index >= 15 is 0 Å². The van der Waals surface area contributed by atoms with E-state index in [0.29, 0.717) is 18.7 Å². The Hall–Kier alpha value is -1.07. The molecule has 1 unspecified atom stereocenters. The molecule has 0 aromatic carbocycles. The van der Waals surface area contributed by atoms with E-state index in [1.54, 1.807) is 11.3 Å². The average molecular weight is 296 g/mol. The molecular weight excluding hydrogens is 272 g/mol. The normalized spacial score (nSPS) is 18.0. The molecule has 0 spiro atoms. The van der Waals surface area contributed by atoms with E-state index in [4.69, 9.17) is 4.74 Å². The topological polar surface area (TPSA) is 41.6 Å². The third-order valence-electron chi connectivity index (χ3n) is 3.66. The van der Waals surface area contributed by atoms with Crippen molar-refractivity contribution in [3.63, 3.8) is 0 Å². The summed E-state index contributed by atoms with van der Waals surface area (Å²) in [5, 5.41) is 8.01. The Morgan fingerprint density at radius 1 is 1.55 bits per heavy atom. The maximum atomic E-state index is 11.6. The van der Waals surface area contributed by atoms with Crippen molar-refractivity contribution < 1.29 is 9.53 Å². The third kappa shape index (κ3) is 4.49. The van der Waals surface area contributed by atoms with E-state index in [1.165, 1.54) is 5.56 Å². The third-order valence-corrected chi connectivity index (χ3v) is 4.40. The van der Waals surface area contributed by atoms with Crippen molar-refractivity contribution >= 4 is 17.4 Å². The number of carbonyl (C=O) groups excluding carboxylic acids is 1. The van der Waals surface area contributed by atoms with Crippen LogP contribution in [0.3, 0.4) is 0 Å². The molecule has 1 aliphatic heterocycles. The van der Waals surface area contributed by atoms with Crippen molar-refractivity contribution in [3.05, 3.63) is 22.4 Å². The zero-order valence-corrected chi connectivity index (χ0v) is 13.1. The van der Waals surface area contributed by atoms with Crippen LogP contribution in [-0.4, -0.2) is 42.8 Å². The van der Waals surface area contributed by atoms with Gasteiger partial charge in [-0.15, -0.1) is 0 Å². The minimum Gasteiger partial charge on any atom is -0.450 e. The molecule has 5 heteroatoms. The monoisotopic (exact) mass is 296 g/mol. The molecule has 0 bridgehead atoms. The number of thiophene rings is 1. The summed E-state index contributed by atoms with van der Waals surface area (Å²) in [6, 6.07) is 3.17. The van der Waals surface area contributed by atoms with Crippen LogP contribution < -0.4 is 5.32 Å². The Labute approximate surface area is 125 Å². The number of nitrogens with one attached hydrogen (secondary N) is 1. The van der Waals surface area contributed by atoms with Crippen LogP contribution in [0.5, 0.6) is 0 Å². The second kappa shape index (κ2) is 7.64. The fourth-order valence-corrected chi connectivity index (χ4v) is 3.35. The number of piperidine rings is 1. The Bertz CT molecular complexity index is 400. The summed E-state index contributed by atoms with van der Waals surface area (Å²) in [6.07, 6.45) is 2.92. The van der Waals surface area contributed by atoms with Crippen LogP contribution in [0.2, 0.25) is 0 Å². The van der Waals surface area contributed by atoms with Crippen LogP contribution in [0.15, 0.2) is 16.8 Å². The molecule has 1 aromatic rings. The van der Waals surface area contributed by atoms with Gasteiger partial charge in [0.15, 0.2) is 0 Å². The molecule has 0 saturated carbocycles. The minimum absolute atomic E-state index is 0.169. The molecule has 1 aliphatic rings. The van der Waals surface area contributed by atoms with Gasteiger partial charge in [0, 0.05) is 25.2 Å². The van der Waals surface area contributed by atoms with Crippen molar-refractivity contribution in [3.8, 4) is 0 Å². The molecule has 1 saturated heterocycles. The number of hydrogen-bond donors (Lipinski definition) is 1. The lowest BCUT2D eigenvalue weighted by Crippen LogP contribution is -2.47. The predicted molar refractivity (Wildman–Crippen MR) is 82.2 cm³/mol. The molecule has 1 amide bonds. The van der Waals surface area contributed by atoms with Gasteiger partial charge in [-0.3, -0.25) is 0 Å². The highest BCUT2D eigenvalue weighted by Crippen LogP contribution is 2.14. The van der Waals surface area contributed by atoms with Crippen LogP contribution in [0.25, 0.3) is 0 Å². The molecule has 1 aromatic heterocycles. The Morgan fingerprint density at radius 3 is 2.90 bits per heavy atom. The average Bonchev–Trinajstić information content (AvgIpc) is 2.92. The lowest BCUT2D eigenvalue weighted by Gasteiger charge is -2.33. The number of amides is 1. The van der Waals surface area contributed by atoms with Gasteiger partial charge in [0.2, 0.25) is 0 Å². The van der Waals surface area contributed by atoms with Gasteiger partial charge < -0.3 is 15.0 Å². The van der Waals surface area contributed by atoms with E-state index in [0.717, 1.165) is 32.4 Å². The van der Waals surface area contributed by atoms with Gasteiger partial charge in [-0.25, -0.2) is 4.79 Å². The lowest BCUT2D eigenvalue weighted by molar-refractivity contribution is 0.0944. The number of carbonyl (C=O) groups is 1. The lowest BCUT2D eigenvalue weighted by atomic mass is 10.0. The van der Waals surface area contributed by atoms with E-state index in [2.05, 4.69) is 29.1 Å². The summed E-state index contributed by atoms with van der Waals surface area (Å²) in [6.45, 7) is 6.12. The van der Waals surface area contributed by atoms with Crippen molar-refractivity contribution in [2.45, 2.75) is 45.2 Å². The molecule has 4 nitrogen and oxygen atoms in total. The molecule has 0 aliphatic carbocycles. The second-order valence-corrected chi connectivity index (χ2v) is 6.14. The van der Waals surface area contributed by atoms with Crippen LogP contribution in [0, 0.1) is 0 Å². The van der Waals surface area contributed by atoms with E-state index in [-0.39, 0.29) is 6.09 Å². The smallest absolute Gasteiger partial charge is 0.409 e. The van der Waals surface area contributed by atoms with Crippen molar-refractivity contribution in [1.29, 1.82) is 0 Å². The van der Waals surface area contributed by atoms with E-state index in [1.807, 2.05) is 11.8 Å². The first-order chi connectivity index (χ1) is 9.69. The largest absolute Gasteiger partial charge is 0.450 e. The molecule has 2 rings (SSSR count).